The Balaban J connectivity index is 1.83. The Morgan fingerprint density at radius 3 is 2.90 bits per heavy atom. The molecule has 0 unspecified atom stereocenters. The van der Waals surface area contributed by atoms with Gasteiger partial charge in [0.15, 0.2) is 0 Å². The van der Waals surface area contributed by atoms with Gasteiger partial charge in [0, 0.05) is 25.6 Å². The van der Waals surface area contributed by atoms with E-state index in [4.69, 9.17) is 9.26 Å². The number of urea groups is 1. The molecule has 1 aliphatic rings. The van der Waals surface area contributed by atoms with Crippen molar-refractivity contribution in [2.45, 2.75) is 51.6 Å². The fourth-order valence-electron chi connectivity index (χ4n) is 2.06. The molecule has 2 rings (SSSR count). The predicted molar refractivity (Wildman–Crippen MR) is 79.0 cm³/mol. The first-order valence-corrected chi connectivity index (χ1v) is 7.48. The Morgan fingerprint density at radius 1 is 1.57 bits per heavy atom. The van der Waals surface area contributed by atoms with E-state index in [1.165, 1.54) is 12.8 Å². The first-order valence-electron chi connectivity index (χ1n) is 7.48. The summed E-state index contributed by atoms with van der Waals surface area (Å²) >= 11 is 0. The lowest BCUT2D eigenvalue weighted by Gasteiger charge is -2.28. The largest absolute Gasteiger partial charge is 0.379 e. The summed E-state index contributed by atoms with van der Waals surface area (Å²) in [5.41, 5.74) is 0.391. The SMILES string of the molecule is CCOCC(C)(C)NC(=O)N(C)Cc1cc(C2CC2)on1. The van der Waals surface area contributed by atoms with Crippen molar-refractivity contribution in [2.24, 2.45) is 0 Å². The zero-order valence-corrected chi connectivity index (χ0v) is 13.3. The average molecular weight is 295 g/mol. The van der Waals surface area contributed by atoms with Crippen LogP contribution in [0.2, 0.25) is 0 Å². The number of nitrogens with zero attached hydrogens (tertiary/aromatic N) is 2. The monoisotopic (exact) mass is 295 g/mol. The van der Waals surface area contributed by atoms with Crippen LogP contribution in [0.4, 0.5) is 4.79 Å². The Morgan fingerprint density at radius 2 is 2.29 bits per heavy atom. The molecule has 2 amide bonds. The maximum Gasteiger partial charge on any atom is 0.317 e. The summed E-state index contributed by atoms with van der Waals surface area (Å²) in [6, 6.07) is 1.81. The van der Waals surface area contributed by atoms with Gasteiger partial charge in [-0.05, 0) is 33.6 Å². The van der Waals surface area contributed by atoms with Crippen molar-refractivity contribution < 1.29 is 14.1 Å². The summed E-state index contributed by atoms with van der Waals surface area (Å²) in [6.07, 6.45) is 2.35. The van der Waals surface area contributed by atoms with Gasteiger partial charge in [-0.15, -0.1) is 0 Å². The van der Waals surface area contributed by atoms with Crippen molar-refractivity contribution in [3.63, 3.8) is 0 Å². The maximum absolute atomic E-state index is 12.2. The van der Waals surface area contributed by atoms with Gasteiger partial charge in [-0.1, -0.05) is 5.16 Å². The molecule has 21 heavy (non-hydrogen) atoms. The van der Waals surface area contributed by atoms with Gasteiger partial charge >= 0.3 is 6.03 Å². The number of carbonyl (C=O) groups excluding carboxylic acids is 1. The average Bonchev–Trinajstić information content (AvgIpc) is 3.17. The van der Waals surface area contributed by atoms with E-state index in [2.05, 4.69) is 10.5 Å². The number of aromatic nitrogens is 1. The molecule has 0 bridgehead atoms. The van der Waals surface area contributed by atoms with Crippen LogP contribution in [0.15, 0.2) is 10.6 Å². The van der Waals surface area contributed by atoms with Crippen molar-refractivity contribution in [3.8, 4) is 0 Å². The number of hydrogen-bond donors (Lipinski definition) is 1. The molecule has 0 spiro atoms. The van der Waals surface area contributed by atoms with Crippen LogP contribution in [0, 0.1) is 0 Å². The second kappa shape index (κ2) is 6.47. The first kappa shape index (κ1) is 15.8. The molecule has 6 nitrogen and oxygen atoms in total. The maximum atomic E-state index is 12.2. The summed E-state index contributed by atoms with van der Waals surface area (Å²) in [5.74, 6) is 1.48. The van der Waals surface area contributed by atoms with Crippen molar-refractivity contribution >= 4 is 6.03 Å². The first-order chi connectivity index (χ1) is 9.91. The Kier molecular flexibility index (Phi) is 4.88. The van der Waals surface area contributed by atoms with Crippen LogP contribution in [-0.4, -0.2) is 41.9 Å². The molecule has 6 heteroatoms. The normalized spacial score (nSPS) is 15.0. The summed E-state index contributed by atoms with van der Waals surface area (Å²) in [4.78, 5) is 13.8. The lowest BCUT2D eigenvalue weighted by atomic mass is 10.1. The van der Waals surface area contributed by atoms with Gasteiger partial charge in [0.25, 0.3) is 0 Å². The minimum atomic E-state index is -0.398. The minimum absolute atomic E-state index is 0.143. The van der Waals surface area contributed by atoms with E-state index >= 15 is 0 Å². The molecule has 1 saturated carbocycles. The van der Waals surface area contributed by atoms with Crippen molar-refractivity contribution in [1.29, 1.82) is 0 Å². The zero-order chi connectivity index (χ0) is 15.5. The number of nitrogens with one attached hydrogen (secondary N) is 1. The number of ether oxygens (including phenoxy) is 1. The molecule has 0 aliphatic heterocycles. The van der Waals surface area contributed by atoms with Crippen LogP contribution in [-0.2, 0) is 11.3 Å². The minimum Gasteiger partial charge on any atom is -0.379 e. The summed E-state index contributed by atoms with van der Waals surface area (Å²) < 4.78 is 10.7. The van der Waals surface area contributed by atoms with Gasteiger partial charge < -0.3 is 19.5 Å². The molecule has 1 aromatic rings. The van der Waals surface area contributed by atoms with E-state index in [-0.39, 0.29) is 6.03 Å². The van der Waals surface area contributed by atoms with Crippen LogP contribution in [0.5, 0.6) is 0 Å². The van der Waals surface area contributed by atoms with Crippen LogP contribution < -0.4 is 5.32 Å². The fourth-order valence-corrected chi connectivity index (χ4v) is 2.06. The van der Waals surface area contributed by atoms with E-state index in [1.807, 2.05) is 26.8 Å². The number of amides is 2. The van der Waals surface area contributed by atoms with Crippen LogP contribution in [0.1, 0.15) is 51.0 Å². The lowest BCUT2D eigenvalue weighted by molar-refractivity contribution is 0.0916. The summed E-state index contributed by atoms with van der Waals surface area (Å²) in [7, 11) is 1.75. The molecule has 0 saturated heterocycles. The lowest BCUT2D eigenvalue weighted by Crippen LogP contribution is -2.51. The van der Waals surface area contributed by atoms with Gasteiger partial charge in [0.05, 0.1) is 18.7 Å². The zero-order valence-electron chi connectivity index (χ0n) is 13.3. The Hall–Kier alpha value is -1.56. The quantitative estimate of drug-likeness (QED) is 0.839. The molecule has 1 aliphatic carbocycles. The second-order valence-electron chi connectivity index (χ2n) is 6.30. The smallest absolute Gasteiger partial charge is 0.317 e. The van der Waals surface area contributed by atoms with Crippen molar-refractivity contribution in [2.75, 3.05) is 20.3 Å². The van der Waals surface area contributed by atoms with E-state index in [9.17, 15) is 4.79 Å². The van der Waals surface area contributed by atoms with Gasteiger partial charge in [-0.3, -0.25) is 0 Å². The highest BCUT2D eigenvalue weighted by Gasteiger charge is 2.28. The second-order valence-corrected chi connectivity index (χ2v) is 6.30. The fraction of sp³-hybridized carbons (Fsp3) is 0.733. The van der Waals surface area contributed by atoms with E-state index < -0.39 is 5.54 Å². The molecule has 0 radical (unpaired) electrons. The third kappa shape index (κ3) is 4.74. The van der Waals surface area contributed by atoms with Gasteiger partial charge in [-0.2, -0.15) is 0 Å². The van der Waals surface area contributed by atoms with Crippen molar-refractivity contribution in [3.05, 3.63) is 17.5 Å². The molecule has 1 N–H and O–H groups in total. The van der Waals surface area contributed by atoms with Gasteiger partial charge in [-0.25, -0.2) is 4.79 Å². The van der Waals surface area contributed by atoms with E-state index in [1.54, 1.807) is 11.9 Å². The summed E-state index contributed by atoms with van der Waals surface area (Å²) in [5, 5.41) is 6.98. The summed E-state index contributed by atoms with van der Waals surface area (Å²) in [6.45, 7) is 7.38. The molecular formula is C15H25N3O3. The third-order valence-corrected chi connectivity index (χ3v) is 3.42. The van der Waals surface area contributed by atoms with Gasteiger partial charge in [0.1, 0.15) is 11.5 Å². The standard InChI is InChI=1S/C15H25N3O3/c1-5-20-10-15(2,3)16-14(19)18(4)9-12-8-13(21-17-12)11-6-7-11/h8,11H,5-7,9-10H2,1-4H3,(H,16,19). The van der Waals surface area contributed by atoms with Crippen LogP contribution in [0.3, 0.4) is 0 Å². The molecule has 118 valence electrons. The predicted octanol–water partition coefficient (Wildman–Crippen LogP) is 2.51. The third-order valence-electron chi connectivity index (χ3n) is 3.42. The van der Waals surface area contributed by atoms with Crippen LogP contribution in [0.25, 0.3) is 0 Å². The molecule has 0 atom stereocenters. The molecule has 1 heterocycles. The van der Waals surface area contributed by atoms with E-state index in [0.717, 1.165) is 11.5 Å². The number of rotatable bonds is 7. The number of carbonyl (C=O) groups is 1. The molecule has 0 aromatic carbocycles. The molecular weight excluding hydrogens is 270 g/mol. The number of hydrogen-bond acceptors (Lipinski definition) is 4. The highest BCUT2D eigenvalue weighted by molar-refractivity contribution is 5.74. The Labute approximate surface area is 125 Å². The Bertz CT molecular complexity index is 480. The highest BCUT2D eigenvalue weighted by Crippen LogP contribution is 2.40. The topological polar surface area (TPSA) is 67.6 Å². The van der Waals surface area contributed by atoms with Crippen LogP contribution >= 0.6 is 0 Å². The molecule has 1 aromatic heterocycles. The van der Waals surface area contributed by atoms with Gasteiger partial charge in [0.2, 0.25) is 0 Å². The van der Waals surface area contributed by atoms with Crippen molar-refractivity contribution in [1.82, 2.24) is 15.4 Å². The highest BCUT2D eigenvalue weighted by atomic mass is 16.5. The van der Waals surface area contributed by atoms with E-state index in [0.29, 0.717) is 25.7 Å². The molecule has 1 fully saturated rings.